The summed E-state index contributed by atoms with van der Waals surface area (Å²) in [5.74, 6) is 0. The first kappa shape index (κ1) is 12.5. The van der Waals surface area contributed by atoms with Gasteiger partial charge in [0, 0.05) is 4.90 Å². The summed E-state index contributed by atoms with van der Waals surface area (Å²) >= 11 is 3.95. The zero-order chi connectivity index (χ0) is 8.48. The molecule has 0 bridgehead atoms. The first-order valence-electron chi connectivity index (χ1n) is 2.77. The molecule has 0 aliphatic rings. The molecule has 0 fully saturated rings. The molecule has 0 atom stereocenters. The summed E-state index contributed by atoms with van der Waals surface area (Å²) in [5, 5.41) is 0. The molecule has 1 aromatic carbocycles. The van der Waals surface area contributed by atoms with Crippen molar-refractivity contribution in [3.8, 4) is 0 Å². The maximum atomic E-state index is 10.5. The Hall–Kier alpha value is 0.480. The summed E-state index contributed by atoms with van der Waals surface area (Å²) in [6.45, 7) is 0. The van der Waals surface area contributed by atoms with Crippen molar-refractivity contribution in [3.05, 3.63) is 24.3 Å². The van der Waals surface area contributed by atoms with Gasteiger partial charge in [-0.25, -0.2) is 0 Å². The van der Waals surface area contributed by atoms with Gasteiger partial charge in [0.25, 0.3) is 10.1 Å². The van der Waals surface area contributed by atoms with Crippen LogP contribution in [-0.2, 0) is 10.1 Å². The van der Waals surface area contributed by atoms with Crippen LogP contribution in [0.2, 0.25) is 0 Å². The minimum absolute atomic E-state index is 0. The van der Waals surface area contributed by atoms with Gasteiger partial charge in [-0.2, -0.15) is 8.42 Å². The minimum Gasteiger partial charge on any atom is -0.282 e. The van der Waals surface area contributed by atoms with Crippen molar-refractivity contribution in [1.82, 2.24) is 0 Å². The zero-order valence-electron chi connectivity index (χ0n) is 6.43. The standard InChI is InChI=1S/C6H6O3S2.Na/c7-11(8,9)6-3-1-5(10)2-4-6;/h1-4,10H,(H,7,8,9);/q;+1. The van der Waals surface area contributed by atoms with Crippen molar-refractivity contribution in [1.29, 1.82) is 0 Å². The molecule has 0 heterocycles. The van der Waals surface area contributed by atoms with Gasteiger partial charge in [0.05, 0.1) is 4.90 Å². The third kappa shape index (κ3) is 3.47. The summed E-state index contributed by atoms with van der Waals surface area (Å²) < 4.78 is 29.5. The van der Waals surface area contributed by atoms with Crippen molar-refractivity contribution in [2.75, 3.05) is 0 Å². The third-order valence-corrected chi connectivity index (χ3v) is 2.30. The van der Waals surface area contributed by atoms with E-state index in [0.717, 1.165) is 0 Å². The number of thiol groups is 1. The van der Waals surface area contributed by atoms with Crippen LogP contribution >= 0.6 is 12.6 Å². The van der Waals surface area contributed by atoms with Gasteiger partial charge in [-0.1, -0.05) is 0 Å². The van der Waals surface area contributed by atoms with Crippen LogP contribution < -0.4 is 29.6 Å². The molecule has 1 N–H and O–H groups in total. The fourth-order valence-corrected chi connectivity index (χ4v) is 1.25. The van der Waals surface area contributed by atoms with Gasteiger partial charge in [0.15, 0.2) is 0 Å². The van der Waals surface area contributed by atoms with E-state index < -0.39 is 10.1 Å². The van der Waals surface area contributed by atoms with Gasteiger partial charge in [0.2, 0.25) is 0 Å². The van der Waals surface area contributed by atoms with E-state index >= 15 is 0 Å². The van der Waals surface area contributed by atoms with E-state index in [0.29, 0.717) is 4.90 Å². The summed E-state index contributed by atoms with van der Waals surface area (Å²) in [6.07, 6.45) is 0. The van der Waals surface area contributed by atoms with Crippen LogP contribution in [0.3, 0.4) is 0 Å². The van der Waals surface area contributed by atoms with Crippen LogP contribution in [0.4, 0.5) is 0 Å². The zero-order valence-corrected chi connectivity index (χ0v) is 10.1. The second-order valence-electron chi connectivity index (χ2n) is 1.97. The molecule has 0 saturated carbocycles. The predicted octanol–water partition coefficient (Wildman–Crippen LogP) is -1.77. The molecular weight excluding hydrogens is 207 g/mol. The SMILES string of the molecule is O=S(=O)(O)c1ccc(S)cc1.[Na+]. The van der Waals surface area contributed by atoms with Gasteiger partial charge in [0.1, 0.15) is 0 Å². The van der Waals surface area contributed by atoms with E-state index in [4.69, 9.17) is 4.55 Å². The van der Waals surface area contributed by atoms with Crippen LogP contribution in [0.25, 0.3) is 0 Å². The Kier molecular flexibility index (Phi) is 4.83. The van der Waals surface area contributed by atoms with Crippen molar-refractivity contribution in [2.45, 2.75) is 9.79 Å². The van der Waals surface area contributed by atoms with Crippen molar-refractivity contribution in [2.24, 2.45) is 0 Å². The quantitative estimate of drug-likeness (QED) is 0.330. The van der Waals surface area contributed by atoms with Gasteiger partial charge >= 0.3 is 29.6 Å². The van der Waals surface area contributed by atoms with E-state index in [-0.39, 0.29) is 34.5 Å². The molecule has 12 heavy (non-hydrogen) atoms. The molecule has 0 unspecified atom stereocenters. The Morgan fingerprint density at radius 3 is 1.92 bits per heavy atom. The molecule has 0 amide bonds. The second-order valence-corrected chi connectivity index (χ2v) is 3.91. The number of benzene rings is 1. The fraction of sp³-hybridized carbons (Fsp3) is 0. The van der Waals surface area contributed by atoms with E-state index in [2.05, 4.69) is 12.6 Å². The summed E-state index contributed by atoms with van der Waals surface area (Å²) in [4.78, 5) is 0.535. The Bertz CT molecular complexity index is 344. The normalized spacial score (nSPS) is 10.5. The van der Waals surface area contributed by atoms with Gasteiger partial charge < -0.3 is 0 Å². The molecule has 0 spiro atoms. The number of hydrogen-bond acceptors (Lipinski definition) is 3. The molecule has 0 aliphatic carbocycles. The Labute approximate surface area is 98.6 Å². The Balaban J connectivity index is 0.00000121. The Morgan fingerprint density at radius 2 is 1.58 bits per heavy atom. The summed E-state index contributed by atoms with van der Waals surface area (Å²) in [7, 11) is -4.05. The van der Waals surface area contributed by atoms with Crippen molar-refractivity contribution >= 4 is 22.7 Å². The molecule has 3 nitrogen and oxygen atoms in total. The van der Waals surface area contributed by atoms with E-state index in [1.807, 2.05) is 0 Å². The average Bonchev–Trinajstić information content (AvgIpc) is 1.86. The fourth-order valence-electron chi connectivity index (χ4n) is 0.618. The summed E-state index contributed by atoms with van der Waals surface area (Å²) in [6, 6.07) is 5.56. The number of rotatable bonds is 1. The molecular formula is C6H6NaO3S2+. The molecule has 0 aromatic heterocycles. The second kappa shape index (κ2) is 4.64. The van der Waals surface area contributed by atoms with Crippen LogP contribution in [-0.4, -0.2) is 13.0 Å². The van der Waals surface area contributed by atoms with E-state index in [1.165, 1.54) is 24.3 Å². The van der Waals surface area contributed by atoms with Crippen LogP contribution in [0.15, 0.2) is 34.1 Å². The van der Waals surface area contributed by atoms with Gasteiger partial charge in [-0.15, -0.1) is 12.6 Å². The summed E-state index contributed by atoms with van der Waals surface area (Å²) in [5.41, 5.74) is 0. The topological polar surface area (TPSA) is 54.4 Å². The monoisotopic (exact) mass is 213 g/mol. The van der Waals surface area contributed by atoms with Crippen LogP contribution in [0.5, 0.6) is 0 Å². The third-order valence-electron chi connectivity index (χ3n) is 1.13. The maximum absolute atomic E-state index is 10.5. The van der Waals surface area contributed by atoms with Crippen molar-refractivity contribution < 1.29 is 42.5 Å². The van der Waals surface area contributed by atoms with E-state index in [1.54, 1.807) is 0 Å². The predicted molar refractivity (Wildman–Crippen MR) is 43.5 cm³/mol. The molecule has 0 aliphatic heterocycles. The molecule has 0 saturated heterocycles. The number of hydrogen-bond donors (Lipinski definition) is 2. The Morgan fingerprint density at radius 1 is 1.17 bits per heavy atom. The van der Waals surface area contributed by atoms with Crippen LogP contribution in [0.1, 0.15) is 0 Å². The average molecular weight is 213 g/mol. The van der Waals surface area contributed by atoms with Crippen LogP contribution in [0, 0.1) is 0 Å². The molecule has 1 aromatic rings. The van der Waals surface area contributed by atoms with Gasteiger partial charge in [-0.3, -0.25) is 4.55 Å². The maximum Gasteiger partial charge on any atom is 1.00 e. The first-order valence-corrected chi connectivity index (χ1v) is 4.65. The largest absolute Gasteiger partial charge is 1.00 e. The first-order chi connectivity index (χ1) is 5.00. The van der Waals surface area contributed by atoms with Gasteiger partial charge in [-0.05, 0) is 24.3 Å². The molecule has 6 heteroatoms. The van der Waals surface area contributed by atoms with Crippen molar-refractivity contribution in [3.63, 3.8) is 0 Å². The molecule has 0 radical (unpaired) electrons. The van der Waals surface area contributed by atoms with E-state index in [9.17, 15) is 8.42 Å². The molecule has 1 rings (SSSR count). The minimum atomic E-state index is -4.05. The molecule has 60 valence electrons. The smallest absolute Gasteiger partial charge is 0.282 e.